The van der Waals surface area contributed by atoms with Crippen LogP contribution >= 0.6 is 0 Å². The van der Waals surface area contributed by atoms with Crippen LogP contribution in [0.4, 0.5) is 8.78 Å². The van der Waals surface area contributed by atoms with Crippen molar-refractivity contribution in [3.05, 3.63) is 23.2 Å². The average Bonchev–Trinajstić information content (AvgIpc) is 2.98. The summed E-state index contributed by atoms with van der Waals surface area (Å²) in [5.74, 6) is -1.09. The standard InChI is InChI=1S/C12H12F2O4/c1-6-4-7(11(2-3-11)10(15)16)5-8-9(6)18-12(13,14)17-8/h5-6H,2-4H2,1H3,(H,15,16). The fourth-order valence-corrected chi connectivity index (χ4v) is 2.59. The number of ether oxygens (including phenoxy) is 2. The van der Waals surface area contributed by atoms with Crippen LogP contribution in [0.3, 0.4) is 0 Å². The molecule has 1 unspecified atom stereocenters. The largest absolute Gasteiger partial charge is 0.585 e. The molecule has 4 nitrogen and oxygen atoms in total. The average molecular weight is 258 g/mol. The molecule has 0 saturated heterocycles. The lowest BCUT2D eigenvalue weighted by Gasteiger charge is -2.22. The van der Waals surface area contributed by atoms with E-state index in [1.165, 1.54) is 6.08 Å². The SMILES string of the molecule is CC1CC(C2(C(=O)O)CC2)=CC2=C1OC(F)(F)O2. The Balaban J connectivity index is 1.95. The van der Waals surface area contributed by atoms with Crippen molar-refractivity contribution in [3.8, 4) is 0 Å². The van der Waals surface area contributed by atoms with Gasteiger partial charge in [-0.2, -0.15) is 0 Å². The van der Waals surface area contributed by atoms with Gasteiger partial charge in [-0.1, -0.05) is 6.92 Å². The van der Waals surface area contributed by atoms with Crippen LogP contribution < -0.4 is 0 Å². The lowest BCUT2D eigenvalue weighted by molar-refractivity contribution is -0.337. The Bertz CT molecular complexity index is 488. The summed E-state index contributed by atoms with van der Waals surface area (Å²) in [5.41, 5.74) is -0.212. The molecule has 6 heteroatoms. The third kappa shape index (κ3) is 1.51. The summed E-state index contributed by atoms with van der Waals surface area (Å²) in [6, 6.07) is 0. The maximum Gasteiger partial charge on any atom is 0.585 e. The Hall–Kier alpha value is -1.59. The van der Waals surface area contributed by atoms with Gasteiger partial charge in [0.05, 0.1) is 5.41 Å². The molecule has 1 fully saturated rings. The van der Waals surface area contributed by atoms with Crippen LogP contribution in [0.5, 0.6) is 0 Å². The Morgan fingerprint density at radius 3 is 2.67 bits per heavy atom. The highest BCUT2D eigenvalue weighted by Crippen LogP contribution is 2.57. The summed E-state index contributed by atoms with van der Waals surface area (Å²) in [5, 5.41) is 9.21. The van der Waals surface area contributed by atoms with Gasteiger partial charge in [-0.25, -0.2) is 0 Å². The van der Waals surface area contributed by atoms with Crippen LogP contribution in [0.2, 0.25) is 0 Å². The first kappa shape index (κ1) is 11.5. The van der Waals surface area contributed by atoms with Crippen LogP contribution in [0.15, 0.2) is 23.2 Å². The predicted molar refractivity (Wildman–Crippen MR) is 55.3 cm³/mol. The smallest absolute Gasteiger partial charge is 0.481 e. The first-order valence-corrected chi connectivity index (χ1v) is 5.78. The highest BCUT2D eigenvalue weighted by atomic mass is 19.3. The molecule has 1 saturated carbocycles. The number of halogens is 2. The van der Waals surface area contributed by atoms with E-state index in [1.54, 1.807) is 6.92 Å². The molecule has 1 N–H and O–H groups in total. The molecule has 1 aliphatic heterocycles. The van der Waals surface area contributed by atoms with E-state index in [4.69, 9.17) is 0 Å². The number of rotatable bonds is 2. The highest BCUT2D eigenvalue weighted by Gasteiger charge is 2.56. The van der Waals surface area contributed by atoms with Gasteiger partial charge in [0.15, 0.2) is 11.5 Å². The molecular weight excluding hydrogens is 246 g/mol. The first-order chi connectivity index (χ1) is 8.34. The summed E-state index contributed by atoms with van der Waals surface area (Å²) in [6.45, 7) is 1.73. The molecule has 98 valence electrons. The fourth-order valence-electron chi connectivity index (χ4n) is 2.59. The molecule has 0 aromatic carbocycles. The second-order valence-electron chi connectivity index (χ2n) is 5.06. The van der Waals surface area contributed by atoms with E-state index in [1.807, 2.05) is 0 Å². The minimum absolute atomic E-state index is 0.0266. The molecule has 2 aliphatic carbocycles. The highest BCUT2D eigenvalue weighted by molar-refractivity contribution is 5.82. The Morgan fingerprint density at radius 1 is 1.44 bits per heavy atom. The lowest BCUT2D eigenvalue weighted by Crippen LogP contribution is -2.22. The van der Waals surface area contributed by atoms with Gasteiger partial charge in [0.1, 0.15) is 0 Å². The quantitative estimate of drug-likeness (QED) is 0.827. The van der Waals surface area contributed by atoms with Crippen molar-refractivity contribution in [1.29, 1.82) is 0 Å². The van der Waals surface area contributed by atoms with Crippen molar-refractivity contribution < 1.29 is 28.2 Å². The molecular formula is C12H12F2O4. The van der Waals surface area contributed by atoms with Crippen LogP contribution in [0.1, 0.15) is 26.2 Å². The van der Waals surface area contributed by atoms with Crippen molar-refractivity contribution in [1.82, 2.24) is 0 Å². The zero-order valence-electron chi connectivity index (χ0n) is 9.70. The molecule has 1 atom stereocenters. The van der Waals surface area contributed by atoms with Crippen LogP contribution in [-0.4, -0.2) is 17.4 Å². The van der Waals surface area contributed by atoms with Crippen molar-refractivity contribution in [3.63, 3.8) is 0 Å². The Morgan fingerprint density at radius 2 is 2.11 bits per heavy atom. The number of carboxylic acid groups (broad SMARTS) is 1. The first-order valence-electron chi connectivity index (χ1n) is 5.78. The van der Waals surface area contributed by atoms with Crippen molar-refractivity contribution in [2.24, 2.45) is 11.3 Å². The summed E-state index contributed by atoms with van der Waals surface area (Å²) in [7, 11) is 0. The number of alkyl halides is 2. The molecule has 0 bridgehead atoms. The van der Waals surface area contributed by atoms with E-state index < -0.39 is 17.7 Å². The zero-order chi connectivity index (χ0) is 13.1. The third-order valence-electron chi connectivity index (χ3n) is 3.75. The van der Waals surface area contributed by atoms with Crippen molar-refractivity contribution in [2.75, 3.05) is 0 Å². The van der Waals surface area contributed by atoms with Crippen LogP contribution in [-0.2, 0) is 14.3 Å². The second-order valence-corrected chi connectivity index (χ2v) is 5.06. The van der Waals surface area contributed by atoms with Gasteiger partial charge in [-0.05, 0) is 30.9 Å². The number of hydrogen-bond donors (Lipinski definition) is 1. The monoisotopic (exact) mass is 258 g/mol. The van der Waals surface area contributed by atoms with Gasteiger partial charge in [-0.3, -0.25) is 4.79 Å². The number of carboxylic acids is 1. The van der Waals surface area contributed by atoms with Gasteiger partial charge < -0.3 is 14.6 Å². The van der Waals surface area contributed by atoms with Gasteiger partial charge in [0.25, 0.3) is 0 Å². The van der Waals surface area contributed by atoms with Crippen LogP contribution in [0, 0.1) is 11.3 Å². The Kier molecular flexibility index (Phi) is 2.07. The second kappa shape index (κ2) is 3.24. The fraction of sp³-hybridized carbons (Fsp3) is 0.583. The lowest BCUT2D eigenvalue weighted by atomic mass is 9.83. The van der Waals surface area contributed by atoms with Gasteiger partial charge in [0, 0.05) is 5.92 Å². The molecule has 3 aliphatic rings. The van der Waals surface area contributed by atoms with E-state index in [9.17, 15) is 18.7 Å². The number of hydrogen-bond acceptors (Lipinski definition) is 3. The molecule has 1 heterocycles. The van der Waals surface area contributed by atoms with E-state index >= 15 is 0 Å². The number of carbonyl (C=O) groups is 1. The van der Waals surface area contributed by atoms with E-state index in [0.717, 1.165) is 0 Å². The summed E-state index contributed by atoms with van der Waals surface area (Å²) < 4.78 is 34.8. The topological polar surface area (TPSA) is 55.8 Å². The summed E-state index contributed by atoms with van der Waals surface area (Å²) in [4.78, 5) is 11.2. The normalized spacial score (nSPS) is 31.1. The van der Waals surface area contributed by atoms with Crippen molar-refractivity contribution >= 4 is 5.97 Å². The maximum absolute atomic E-state index is 13.0. The molecule has 0 radical (unpaired) electrons. The third-order valence-corrected chi connectivity index (χ3v) is 3.75. The maximum atomic E-state index is 13.0. The molecule has 0 amide bonds. The molecule has 0 aromatic heterocycles. The van der Waals surface area contributed by atoms with E-state index in [-0.39, 0.29) is 17.4 Å². The number of aliphatic carboxylic acids is 1. The molecule has 0 spiro atoms. The molecule has 0 aromatic rings. The Labute approximate surface area is 102 Å². The zero-order valence-corrected chi connectivity index (χ0v) is 9.70. The predicted octanol–water partition coefficient (Wildman–Crippen LogP) is 2.63. The van der Waals surface area contributed by atoms with Gasteiger partial charge >= 0.3 is 12.3 Å². The summed E-state index contributed by atoms with van der Waals surface area (Å²) in [6.07, 6.45) is -0.686. The summed E-state index contributed by atoms with van der Waals surface area (Å²) >= 11 is 0. The van der Waals surface area contributed by atoms with E-state index in [0.29, 0.717) is 24.8 Å². The van der Waals surface area contributed by atoms with Crippen LogP contribution in [0.25, 0.3) is 0 Å². The van der Waals surface area contributed by atoms with E-state index in [2.05, 4.69) is 9.47 Å². The minimum Gasteiger partial charge on any atom is -0.481 e. The molecule has 18 heavy (non-hydrogen) atoms. The molecule has 3 rings (SSSR count). The minimum atomic E-state index is -3.63. The van der Waals surface area contributed by atoms with Crippen molar-refractivity contribution in [2.45, 2.75) is 32.5 Å². The van der Waals surface area contributed by atoms with Gasteiger partial charge in [0.2, 0.25) is 0 Å². The number of allylic oxidation sites excluding steroid dienone is 2. The van der Waals surface area contributed by atoms with Gasteiger partial charge in [-0.15, -0.1) is 8.78 Å².